The van der Waals surface area contributed by atoms with Crippen LogP contribution in [0.25, 0.3) is 10.9 Å². The average Bonchev–Trinajstić information content (AvgIpc) is 2.93. The van der Waals surface area contributed by atoms with Crippen molar-refractivity contribution in [3.8, 4) is 6.07 Å². The Morgan fingerprint density at radius 1 is 1.46 bits per heavy atom. The van der Waals surface area contributed by atoms with E-state index in [1.165, 1.54) is 12.3 Å². The summed E-state index contributed by atoms with van der Waals surface area (Å²) in [6.07, 6.45) is 0.760. The van der Waals surface area contributed by atoms with Crippen molar-refractivity contribution in [2.24, 2.45) is 0 Å². The summed E-state index contributed by atoms with van der Waals surface area (Å²) in [5.41, 5.74) is 0.809. The van der Waals surface area contributed by atoms with E-state index in [4.69, 9.17) is 5.26 Å². The SMILES string of the molecule is N#C[C@@H]1CC(F)(F)CN1C(=O)CNC(=O)c1ccnc2[c-]cccc12.[Cs+]. The number of nitrogens with zero attached hydrogens (tertiary/aromatic N) is 3. The molecule has 1 fully saturated rings. The summed E-state index contributed by atoms with van der Waals surface area (Å²) in [5.74, 6) is -4.33. The Labute approximate surface area is 207 Å². The Kier molecular flexibility index (Phi) is 7.18. The van der Waals surface area contributed by atoms with Crippen LogP contribution in [0.4, 0.5) is 8.78 Å². The van der Waals surface area contributed by atoms with Gasteiger partial charge in [-0.3, -0.25) is 14.6 Å². The second kappa shape index (κ2) is 8.77. The molecule has 0 spiro atoms. The molecule has 0 bridgehead atoms. The Hall–Kier alpha value is -1.03. The van der Waals surface area contributed by atoms with Gasteiger partial charge in [0.25, 0.3) is 5.92 Å². The summed E-state index contributed by atoms with van der Waals surface area (Å²) in [6, 6.07) is 9.96. The molecule has 1 aromatic heterocycles. The number of likely N-dealkylation sites (tertiary alicyclic amines) is 1. The van der Waals surface area contributed by atoms with Crippen LogP contribution in [0.5, 0.6) is 0 Å². The number of carbonyl (C=O) groups is 2. The number of amides is 2. The molecule has 2 aromatic rings. The molecule has 1 saturated heterocycles. The van der Waals surface area contributed by atoms with Crippen LogP contribution < -0.4 is 74.2 Å². The number of fused-ring (bicyclic) bond motifs is 1. The molecule has 0 unspecified atom stereocenters. The summed E-state index contributed by atoms with van der Waals surface area (Å²) < 4.78 is 26.8. The second-order valence-corrected chi connectivity index (χ2v) is 5.70. The predicted octanol–water partition coefficient (Wildman–Crippen LogP) is -1.47. The molecule has 0 saturated carbocycles. The molecule has 26 heavy (non-hydrogen) atoms. The van der Waals surface area contributed by atoms with E-state index >= 15 is 0 Å². The fourth-order valence-electron chi connectivity index (χ4n) is 2.77. The van der Waals surface area contributed by atoms with E-state index in [9.17, 15) is 18.4 Å². The number of carbonyl (C=O) groups excluding carboxylic acids is 2. The van der Waals surface area contributed by atoms with Gasteiger partial charge in [0.1, 0.15) is 6.04 Å². The number of hydrogen-bond donors (Lipinski definition) is 1. The van der Waals surface area contributed by atoms with Crippen LogP contribution in [-0.2, 0) is 4.79 Å². The van der Waals surface area contributed by atoms with E-state index in [-0.39, 0.29) is 68.9 Å². The molecule has 1 aliphatic heterocycles. The van der Waals surface area contributed by atoms with Crippen LogP contribution in [0.2, 0.25) is 0 Å². The van der Waals surface area contributed by atoms with E-state index in [1.54, 1.807) is 24.3 Å². The molecule has 2 heterocycles. The molecule has 6 nitrogen and oxygen atoms in total. The van der Waals surface area contributed by atoms with E-state index in [0.717, 1.165) is 4.90 Å². The minimum Gasteiger partial charge on any atom is -0.344 e. The normalized spacial score (nSPS) is 18.0. The predicted molar refractivity (Wildman–Crippen MR) is 83.6 cm³/mol. The first-order valence-corrected chi connectivity index (χ1v) is 7.52. The molecule has 9 heteroatoms. The first-order valence-electron chi connectivity index (χ1n) is 7.52. The minimum atomic E-state index is -3.09. The molecule has 0 aliphatic carbocycles. The zero-order valence-electron chi connectivity index (χ0n) is 14.0. The van der Waals surface area contributed by atoms with Crippen molar-refractivity contribution in [2.45, 2.75) is 18.4 Å². The quantitative estimate of drug-likeness (QED) is 0.549. The summed E-state index contributed by atoms with van der Waals surface area (Å²) in [6.45, 7) is -1.28. The maximum Gasteiger partial charge on any atom is 1.00 e. The number of hydrogen-bond acceptors (Lipinski definition) is 4. The number of halogens is 2. The summed E-state index contributed by atoms with van der Waals surface area (Å²) in [5, 5.41) is 11.9. The number of pyridine rings is 1. The second-order valence-electron chi connectivity index (χ2n) is 5.70. The van der Waals surface area contributed by atoms with Gasteiger partial charge in [0.15, 0.2) is 0 Å². The number of aromatic nitrogens is 1. The zero-order valence-corrected chi connectivity index (χ0v) is 20.3. The standard InChI is InChI=1S/C17H13F2N4O2.Cs/c18-17(19)7-11(8-20)23(10-17)15(24)9-22-16(25)13-5-6-21-14-4-2-1-3-12(13)14;/h1-3,5-6,11H,7,9-10H2,(H,22,25);/q-1;+1/t11-;/m0./s1. The number of benzene rings is 1. The maximum atomic E-state index is 13.4. The Bertz CT molecular complexity index is 879. The van der Waals surface area contributed by atoms with Gasteiger partial charge in [-0.05, 0) is 17.1 Å². The van der Waals surface area contributed by atoms with Gasteiger partial charge < -0.3 is 10.2 Å². The molecule has 1 aliphatic rings. The van der Waals surface area contributed by atoms with Crippen molar-refractivity contribution in [3.63, 3.8) is 0 Å². The van der Waals surface area contributed by atoms with Crippen LogP contribution >= 0.6 is 0 Å². The van der Waals surface area contributed by atoms with Gasteiger partial charge in [0.2, 0.25) is 11.8 Å². The number of rotatable bonds is 3. The van der Waals surface area contributed by atoms with E-state index in [1.807, 2.05) is 0 Å². The van der Waals surface area contributed by atoms with Crippen molar-refractivity contribution in [1.29, 1.82) is 5.26 Å². The van der Waals surface area contributed by atoms with Crippen LogP contribution in [0.3, 0.4) is 0 Å². The van der Waals surface area contributed by atoms with Crippen molar-refractivity contribution < 1.29 is 87.3 Å². The van der Waals surface area contributed by atoms with E-state index in [2.05, 4.69) is 16.4 Å². The molecule has 1 N–H and O–H groups in total. The van der Waals surface area contributed by atoms with Gasteiger partial charge in [-0.2, -0.15) is 29.5 Å². The first-order chi connectivity index (χ1) is 11.9. The maximum absolute atomic E-state index is 13.4. The number of para-hydroxylation sites is 1. The largest absolute Gasteiger partial charge is 1.00 e. The summed E-state index contributed by atoms with van der Waals surface area (Å²) in [4.78, 5) is 29.3. The zero-order chi connectivity index (χ0) is 18.0. The van der Waals surface area contributed by atoms with Crippen LogP contribution in [0.1, 0.15) is 16.8 Å². The number of alkyl halides is 2. The molecule has 2 amide bonds. The van der Waals surface area contributed by atoms with Gasteiger partial charge in [-0.25, -0.2) is 8.78 Å². The number of nitrogens with one attached hydrogen (secondary N) is 1. The molecular weight excluding hydrogens is 463 g/mol. The van der Waals surface area contributed by atoms with Gasteiger partial charge >= 0.3 is 68.9 Å². The van der Waals surface area contributed by atoms with Crippen LogP contribution in [0, 0.1) is 17.4 Å². The van der Waals surface area contributed by atoms with E-state index < -0.39 is 43.3 Å². The Morgan fingerprint density at radius 2 is 2.23 bits per heavy atom. The molecule has 0 radical (unpaired) electrons. The van der Waals surface area contributed by atoms with Gasteiger partial charge in [0, 0.05) is 12.6 Å². The van der Waals surface area contributed by atoms with Crippen LogP contribution in [-0.4, -0.2) is 46.8 Å². The summed E-state index contributed by atoms with van der Waals surface area (Å²) in [7, 11) is 0. The van der Waals surface area contributed by atoms with Crippen LogP contribution in [0.15, 0.2) is 30.5 Å². The molecule has 1 aromatic carbocycles. The van der Waals surface area contributed by atoms with Crippen molar-refractivity contribution in [2.75, 3.05) is 13.1 Å². The fraction of sp³-hybridized carbons (Fsp3) is 0.294. The van der Waals surface area contributed by atoms with Crippen molar-refractivity contribution >= 4 is 22.7 Å². The monoisotopic (exact) mass is 476 g/mol. The Balaban J connectivity index is 0.00000243. The first kappa shape index (κ1) is 21.3. The van der Waals surface area contributed by atoms with Gasteiger partial charge in [0.05, 0.1) is 19.2 Å². The van der Waals surface area contributed by atoms with Gasteiger partial charge in [-0.15, -0.1) is 0 Å². The molecule has 128 valence electrons. The minimum absolute atomic E-state index is 0. The molecule has 3 rings (SSSR count). The Morgan fingerprint density at radius 3 is 2.96 bits per heavy atom. The smallest absolute Gasteiger partial charge is 0.344 e. The molecular formula is C17H13CsF2N4O2. The van der Waals surface area contributed by atoms with Gasteiger partial charge in [-0.1, -0.05) is 5.39 Å². The third-order valence-electron chi connectivity index (χ3n) is 3.95. The third kappa shape index (κ3) is 4.62. The fourth-order valence-corrected chi connectivity index (χ4v) is 2.77. The average molecular weight is 476 g/mol. The summed E-state index contributed by atoms with van der Waals surface area (Å²) >= 11 is 0. The topological polar surface area (TPSA) is 86.1 Å². The van der Waals surface area contributed by atoms with Crippen molar-refractivity contribution in [3.05, 3.63) is 42.1 Å². The molecule has 1 atom stereocenters. The third-order valence-corrected chi connectivity index (χ3v) is 3.95. The number of nitriles is 1. The van der Waals surface area contributed by atoms with E-state index in [0.29, 0.717) is 16.5 Å². The van der Waals surface area contributed by atoms with Crippen molar-refractivity contribution in [1.82, 2.24) is 15.2 Å².